The van der Waals surface area contributed by atoms with Crippen LogP contribution in [0.4, 0.5) is 0 Å². The fraction of sp³-hybridized carbons (Fsp3) is 0.200. The standard InChI is InChI=1S/C10H11ClN2O2/c1-2-15-9(11)5-7-6-13-4-3-8(7)10(12)14/h3-6H,2H2,1H3,(H2,12,14)/b9-5-. The first-order valence-electron chi connectivity index (χ1n) is 4.39. The van der Waals surface area contributed by atoms with E-state index in [4.69, 9.17) is 22.1 Å². The molecule has 5 heteroatoms. The van der Waals surface area contributed by atoms with Crippen molar-refractivity contribution in [1.29, 1.82) is 0 Å². The SMILES string of the molecule is CCO/C(Cl)=C\c1cnccc1C(N)=O. The zero-order valence-corrected chi connectivity index (χ0v) is 8.99. The summed E-state index contributed by atoms with van der Waals surface area (Å²) in [7, 11) is 0. The lowest BCUT2D eigenvalue weighted by Gasteiger charge is -2.03. The van der Waals surface area contributed by atoms with Crippen LogP contribution in [-0.4, -0.2) is 17.5 Å². The number of carbonyl (C=O) groups is 1. The zero-order chi connectivity index (χ0) is 11.3. The number of nitrogens with zero attached hydrogens (tertiary/aromatic N) is 1. The highest BCUT2D eigenvalue weighted by Crippen LogP contribution is 2.14. The van der Waals surface area contributed by atoms with E-state index in [9.17, 15) is 4.79 Å². The van der Waals surface area contributed by atoms with Crippen molar-refractivity contribution < 1.29 is 9.53 Å². The number of aromatic nitrogens is 1. The first-order valence-corrected chi connectivity index (χ1v) is 4.76. The maximum atomic E-state index is 11.0. The van der Waals surface area contributed by atoms with Gasteiger partial charge in [0.15, 0.2) is 5.22 Å². The van der Waals surface area contributed by atoms with Crippen molar-refractivity contribution in [2.24, 2.45) is 5.73 Å². The number of rotatable bonds is 4. The summed E-state index contributed by atoms with van der Waals surface area (Å²) >= 11 is 5.75. The van der Waals surface area contributed by atoms with E-state index in [0.717, 1.165) is 0 Å². The van der Waals surface area contributed by atoms with Crippen LogP contribution in [0.1, 0.15) is 22.8 Å². The monoisotopic (exact) mass is 226 g/mol. The smallest absolute Gasteiger partial charge is 0.249 e. The van der Waals surface area contributed by atoms with Gasteiger partial charge in [-0.05, 0) is 24.6 Å². The molecule has 0 radical (unpaired) electrons. The second-order valence-corrected chi connectivity index (χ2v) is 3.08. The molecule has 1 aromatic rings. The molecule has 0 aliphatic heterocycles. The molecule has 0 saturated heterocycles. The molecule has 0 saturated carbocycles. The Morgan fingerprint density at radius 2 is 2.47 bits per heavy atom. The number of carbonyl (C=O) groups excluding carboxylic acids is 1. The molecule has 0 atom stereocenters. The Morgan fingerprint density at radius 1 is 1.73 bits per heavy atom. The van der Waals surface area contributed by atoms with Crippen LogP contribution in [0.2, 0.25) is 0 Å². The van der Waals surface area contributed by atoms with E-state index in [1.165, 1.54) is 24.5 Å². The van der Waals surface area contributed by atoms with Crippen molar-refractivity contribution >= 4 is 23.6 Å². The molecule has 4 nitrogen and oxygen atoms in total. The molecule has 0 aromatic carbocycles. The fourth-order valence-electron chi connectivity index (χ4n) is 1.05. The molecule has 1 rings (SSSR count). The Labute approximate surface area is 92.7 Å². The van der Waals surface area contributed by atoms with Gasteiger partial charge >= 0.3 is 0 Å². The Kier molecular flexibility index (Phi) is 4.12. The second-order valence-electron chi connectivity index (χ2n) is 2.71. The van der Waals surface area contributed by atoms with Crippen molar-refractivity contribution in [2.45, 2.75) is 6.92 Å². The first-order chi connectivity index (χ1) is 7.15. The quantitative estimate of drug-likeness (QED) is 0.796. The summed E-state index contributed by atoms with van der Waals surface area (Å²) in [5.41, 5.74) is 6.09. The van der Waals surface area contributed by atoms with Crippen LogP contribution in [-0.2, 0) is 4.74 Å². The van der Waals surface area contributed by atoms with Crippen LogP contribution in [0.3, 0.4) is 0 Å². The van der Waals surface area contributed by atoms with Crippen molar-refractivity contribution in [3.05, 3.63) is 34.8 Å². The minimum Gasteiger partial charge on any atom is -0.483 e. The first kappa shape index (κ1) is 11.5. The molecular weight excluding hydrogens is 216 g/mol. The molecule has 1 aromatic heterocycles. The molecule has 0 aliphatic rings. The number of ether oxygens (including phenoxy) is 1. The number of amides is 1. The van der Waals surface area contributed by atoms with Gasteiger partial charge in [-0.2, -0.15) is 0 Å². The third-order valence-corrected chi connectivity index (χ3v) is 1.89. The third-order valence-electron chi connectivity index (χ3n) is 1.67. The summed E-state index contributed by atoms with van der Waals surface area (Å²) in [5, 5.41) is 0.202. The molecule has 0 bridgehead atoms. The van der Waals surface area contributed by atoms with E-state index in [1.807, 2.05) is 6.92 Å². The lowest BCUT2D eigenvalue weighted by Crippen LogP contribution is -2.12. The Morgan fingerprint density at radius 3 is 3.07 bits per heavy atom. The Bertz CT molecular complexity index is 391. The molecule has 0 fully saturated rings. The molecule has 2 N–H and O–H groups in total. The molecule has 0 aliphatic carbocycles. The molecule has 80 valence electrons. The highest BCUT2D eigenvalue weighted by molar-refractivity contribution is 6.30. The van der Waals surface area contributed by atoms with Crippen molar-refractivity contribution in [1.82, 2.24) is 4.98 Å². The molecule has 1 amide bonds. The summed E-state index contributed by atoms with van der Waals surface area (Å²) in [6, 6.07) is 1.53. The predicted octanol–water partition coefficient (Wildman–Crippen LogP) is 1.75. The minimum absolute atomic E-state index is 0.202. The highest BCUT2D eigenvalue weighted by Gasteiger charge is 2.06. The summed E-state index contributed by atoms with van der Waals surface area (Å²) in [6.07, 6.45) is 4.51. The average molecular weight is 227 g/mol. The van der Waals surface area contributed by atoms with Gasteiger partial charge in [0, 0.05) is 29.6 Å². The van der Waals surface area contributed by atoms with Gasteiger partial charge in [0.2, 0.25) is 5.91 Å². The van der Waals surface area contributed by atoms with Gasteiger partial charge in [-0.25, -0.2) is 0 Å². The van der Waals surface area contributed by atoms with E-state index < -0.39 is 5.91 Å². The number of nitrogens with two attached hydrogens (primary N) is 1. The second kappa shape index (κ2) is 5.36. The maximum Gasteiger partial charge on any atom is 0.249 e. The van der Waals surface area contributed by atoms with Crippen LogP contribution in [0.25, 0.3) is 6.08 Å². The van der Waals surface area contributed by atoms with Crippen LogP contribution in [0, 0.1) is 0 Å². The van der Waals surface area contributed by atoms with Gasteiger partial charge in [-0.3, -0.25) is 9.78 Å². The van der Waals surface area contributed by atoms with E-state index >= 15 is 0 Å². The van der Waals surface area contributed by atoms with Crippen LogP contribution in [0.5, 0.6) is 0 Å². The summed E-state index contributed by atoms with van der Waals surface area (Å²) < 4.78 is 5.03. The van der Waals surface area contributed by atoms with Gasteiger partial charge in [0.25, 0.3) is 0 Å². The normalized spacial score (nSPS) is 11.2. The lowest BCUT2D eigenvalue weighted by molar-refractivity contribution is 0.1000. The highest BCUT2D eigenvalue weighted by atomic mass is 35.5. The van der Waals surface area contributed by atoms with E-state index in [1.54, 1.807) is 0 Å². The molecular formula is C10H11ClN2O2. The number of hydrogen-bond acceptors (Lipinski definition) is 3. The van der Waals surface area contributed by atoms with Gasteiger partial charge in [-0.1, -0.05) is 0 Å². The summed E-state index contributed by atoms with van der Waals surface area (Å²) in [5.74, 6) is -0.524. The van der Waals surface area contributed by atoms with Crippen LogP contribution in [0.15, 0.2) is 23.7 Å². The van der Waals surface area contributed by atoms with E-state index in [2.05, 4.69) is 4.98 Å². The fourth-order valence-corrected chi connectivity index (χ4v) is 1.27. The summed E-state index contributed by atoms with van der Waals surface area (Å²) in [4.78, 5) is 14.9. The third kappa shape index (κ3) is 3.25. The van der Waals surface area contributed by atoms with E-state index in [0.29, 0.717) is 17.7 Å². The number of halogens is 1. The minimum atomic E-state index is -0.524. The summed E-state index contributed by atoms with van der Waals surface area (Å²) in [6.45, 7) is 2.27. The maximum absolute atomic E-state index is 11.0. The largest absolute Gasteiger partial charge is 0.483 e. The Balaban J connectivity index is 3.03. The molecule has 15 heavy (non-hydrogen) atoms. The zero-order valence-electron chi connectivity index (χ0n) is 8.24. The number of hydrogen-bond donors (Lipinski definition) is 1. The van der Waals surface area contributed by atoms with Crippen molar-refractivity contribution in [3.63, 3.8) is 0 Å². The average Bonchev–Trinajstić information content (AvgIpc) is 2.18. The van der Waals surface area contributed by atoms with Crippen molar-refractivity contribution in [2.75, 3.05) is 6.61 Å². The lowest BCUT2D eigenvalue weighted by atomic mass is 10.1. The molecule has 0 spiro atoms. The number of pyridine rings is 1. The number of primary amides is 1. The van der Waals surface area contributed by atoms with Crippen LogP contribution >= 0.6 is 11.6 Å². The predicted molar refractivity (Wildman–Crippen MR) is 58.2 cm³/mol. The van der Waals surface area contributed by atoms with Crippen LogP contribution < -0.4 is 5.73 Å². The molecule has 0 unspecified atom stereocenters. The van der Waals surface area contributed by atoms with Gasteiger partial charge in [0.1, 0.15) is 0 Å². The van der Waals surface area contributed by atoms with Gasteiger partial charge in [0.05, 0.1) is 6.61 Å². The van der Waals surface area contributed by atoms with E-state index in [-0.39, 0.29) is 5.22 Å². The molecule has 1 heterocycles. The van der Waals surface area contributed by atoms with Gasteiger partial charge in [-0.15, -0.1) is 0 Å². The Hall–Kier alpha value is -1.55. The topological polar surface area (TPSA) is 65.2 Å². The van der Waals surface area contributed by atoms with Gasteiger partial charge < -0.3 is 10.5 Å². The van der Waals surface area contributed by atoms with Crippen molar-refractivity contribution in [3.8, 4) is 0 Å².